The normalized spacial score (nSPS) is 12.9. The summed E-state index contributed by atoms with van der Waals surface area (Å²) in [4.78, 5) is 16.0. The molecule has 0 saturated heterocycles. The second-order valence-corrected chi connectivity index (χ2v) is 7.55. The van der Waals surface area contributed by atoms with Crippen molar-refractivity contribution in [1.82, 2.24) is 4.98 Å². The van der Waals surface area contributed by atoms with E-state index in [-0.39, 0.29) is 4.90 Å². The van der Waals surface area contributed by atoms with E-state index in [4.69, 9.17) is 0 Å². The van der Waals surface area contributed by atoms with Gasteiger partial charge in [-0.2, -0.15) is 0 Å². The topological polar surface area (TPSA) is 76.1 Å². The number of amides is 1. The van der Waals surface area contributed by atoms with Crippen LogP contribution in [0.5, 0.6) is 0 Å². The smallest absolute Gasteiger partial charge is 0.244 e. The van der Waals surface area contributed by atoms with Gasteiger partial charge in [0.15, 0.2) is 15.0 Å². The van der Waals surface area contributed by atoms with E-state index in [0.29, 0.717) is 5.13 Å². The average Bonchev–Trinajstić information content (AvgIpc) is 2.83. The second-order valence-electron chi connectivity index (χ2n) is 4.42. The summed E-state index contributed by atoms with van der Waals surface area (Å²) in [6.07, 6.45) is 0. The number of aromatic nitrogens is 1. The molecule has 0 fully saturated rings. The molecule has 21 heavy (non-hydrogen) atoms. The number of hydrogen-bond acceptors (Lipinski definition) is 5. The van der Waals surface area contributed by atoms with Crippen LogP contribution in [0.2, 0.25) is 0 Å². The van der Waals surface area contributed by atoms with E-state index in [0.717, 1.165) is 30.0 Å². The van der Waals surface area contributed by atoms with Crippen molar-refractivity contribution in [1.29, 1.82) is 0 Å². The molecule has 1 aromatic heterocycles. The largest absolute Gasteiger partial charge is 0.301 e. The van der Waals surface area contributed by atoms with Gasteiger partial charge in [-0.15, -0.1) is 11.3 Å². The number of benzene rings is 1. The minimum absolute atomic E-state index is 0.0955. The molecule has 1 atom stereocenters. The zero-order valence-corrected chi connectivity index (χ0v) is 13.0. The molecule has 0 aliphatic carbocycles. The van der Waals surface area contributed by atoms with Gasteiger partial charge in [0.05, 0.1) is 10.6 Å². The molecule has 2 rings (SSSR count). The van der Waals surface area contributed by atoms with Gasteiger partial charge in [-0.05, 0) is 38.1 Å². The van der Waals surface area contributed by atoms with E-state index in [1.165, 1.54) is 18.3 Å². The van der Waals surface area contributed by atoms with Gasteiger partial charge in [-0.1, -0.05) is 0 Å². The maximum absolute atomic E-state index is 12.8. The fourth-order valence-corrected chi connectivity index (χ4v) is 3.54. The number of nitrogens with zero attached hydrogens (tertiary/aromatic N) is 1. The highest BCUT2D eigenvalue weighted by Gasteiger charge is 2.30. The van der Waals surface area contributed by atoms with E-state index in [1.54, 1.807) is 12.3 Å². The van der Waals surface area contributed by atoms with Crippen molar-refractivity contribution in [3.05, 3.63) is 41.2 Å². The molecule has 1 N–H and O–H groups in total. The predicted molar refractivity (Wildman–Crippen MR) is 78.5 cm³/mol. The molecule has 5 nitrogen and oxygen atoms in total. The molecule has 0 radical (unpaired) electrons. The van der Waals surface area contributed by atoms with Crippen LogP contribution >= 0.6 is 11.3 Å². The summed E-state index contributed by atoms with van der Waals surface area (Å²) < 4.78 is 37.4. The minimum atomic E-state index is -3.87. The number of sulfone groups is 1. The van der Waals surface area contributed by atoms with Gasteiger partial charge in [-0.25, -0.2) is 17.8 Å². The molecule has 0 aliphatic rings. The first kappa shape index (κ1) is 15.6. The summed E-state index contributed by atoms with van der Waals surface area (Å²) in [6, 6.07) is 4.37. The number of nitrogens with one attached hydrogen (secondary N) is 1. The van der Waals surface area contributed by atoms with Crippen molar-refractivity contribution in [3.63, 3.8) is 0 Å². The van der Waals surface area contributed by atoms with Gasteiger partial charge in [0, 0.05) is 5.38 Å². The van der Waals surface area contributed by atoms with Crippen molar-refractivity contribution in [2.75, 3.05) is 5.32 Å². The number of thiazole rings is 1. The number of rotatable bonds is 4. The van der Waals surface area contributed by atoms with Crippen LogP contribution in [-0.4, -0.2) is 24.6 Å². The van der Waals surface area contributed by atoms with Gasteiger partial charge in [0.2, 0.25) is 5.91 Å². The third kappa shape index (κ3) is 3.45. The Kier molecular flexibility index (Phi) is 4.38. The monoisotopic (exact) mass is 328 g/mol. The third-order valence-corrected chi connectivity index (χ3v) is 5.78. The van der Waals surface area contributed by atoms with E-state index < -0.39 is 26.8 Å². The van der Waals surface area contributed by atoms with Crippen LogP contribution in [0.3, 0.4) is 0 Å². The van der Waals surface area contributed by atoms with Crippen LogP contribution in [0.1, 0.15) is 12.6 Å². The second kappa shape index (κ2) is 5.90. The molecule has 1 heterocycles. The molecule has 1 amide bonds. The maximum Gasteiger partial charge on any atom is 0.244 e. The summed E-state index contributed by atoms with van der Waals surface area (Å²) in [6.45, 7) is 3.05. The fraction of sp³-hybridized carbons (Fsp3) is 0.231. The first-order chi connectivity index (χ1) is 9.80. The van der Waals surface area contributed by atoms with Gasteiger partial charge in [0.1, 0.15) is 11.1 Å². The summed E-state index contributed by atoms with van der Waals surface area (Å²) in [7, 11) is -3.87. The Morgan fingerprint density at radius 2 is 1.95 bits per heavy atom. The van der Waals surface area contributed by atoms with E-state index >= 15 is 0 Å². The Morgan fingerprint density at radius 3 is 2.48 bits per heavy atom. The Labute approximate surface area is 125 Å². The summed E-state index contributed by atoms with van der Waals surface area (Å²) in [5.41, 5.74) is 0.740. The lowest BCUT2D eigenvalue weighted by molar-refractivity contribution is -0.115. The van der Waals surface area contributed by atoms with Gasteiger partial charge < -0.3 is 5.32 Å². The lowest BCUT2D eigenvalue weighted by atomic mass is 10.3. The van der Waals surface area contributed by atoms with Gasteiger partial charge >= 0.3 is 0 Å². The molecular weight excluding hydrogens is 315 g/mol. The first-order valence-electron chi connectivity index (χ1n) is 6.03. The molecule has 112 valence electrons. The Morgan fingerprint density at radius 1 is 1.33 bits per heavy atom. The van der Waals surface area contributed by atoms with Crippen molar-refractivity contribution < 1.29 is 17.6 Å². The third-order valence-electron chi connectivity index (χ3n) is 2.83. The lowest BCUT2D eigenvalue weighted by Crippen LogP contribution is -2.32. The lowest BCUT2D eigenvalue weighted by Gasteiger charge is -2.12. The van der Waals surface area contributed by atoms with Crippen LogP contribution in [-0.2, 0) is 14.6 Å². The number of hydrogen-bond donors (Lipinski definition) is 1. The van der Waals surface area contributed by atoms with Crippen molar-refractivity contribution >= 4 is 32.2 Å². The van der Waals surface area contributed by atoms with Crippen molar-refractivity contribution in [3.8, 4) is 0 Å². The molecule has 2 aromatic rings. The van der Waals surface area contributed by atoms with Crippen LogP contribution in [0.25, 0.3) is 0 Å². The van der Waals surface area contributed by atoms with Crippen LogP contribution in [0.4, 0.5) is 9.52 Å². The molecule has 0 spiro atoms. The number of anilines is 1. The van der Waals surface area contributed by atoms with Gasteiger partial charge in [0.25, 0.3) is 0 Å². The van der Waals surface area contributed by atoms with E-state index in [1.807, 2.05) is 0 Å². The maximum atomic E-state index is 12.8. The van der Waals surface area contributed by atoms with Crippen LogP contribution in [0, 0.1) is 12.7 Å². The number of aryl methyl sites for hydroxylation is 1. The zero-order valence-electron chi connectivity index (χ0n) is 11.3. The molecule has 0 saturated carbocycles. The fourth-order valence-electron chi connectivity index (χ4n) is 1.59. The first-order valence-corrected chi connectivity index (χ1v) is 8.46. The van der Waals surface area contributed by atoms with Crippen LogP contribution in [0.15, 0.2) is 34.5 Å². The molecule has 0 aliphatic heterocycles. The Bertz CT molecular complexity index is 754. The van der Waals surface area contributed by atoms with Crippen molar-refractivity contribution in [2.45, 2.75) is 24.0 Å². The Hall–Kier alpha value is -1.80. The highest BCUT2D eigenvalue weighted by molar-refractivity contribution is 7.92. The SMILES string of the molecule is Cc1csc(NC(=O)C(C)S(=O)(=O)c2ccc(F)cc2)n1. The number of halogens is 1. The van der Waals surface area contributed by atoms with Crippen LogP contribution < -0.4 is 5.32 Å². The summed E-state index contributed by atoms with van der Waals surface area (Å²) in [5, 5.41) is 3.26. The predicted octanol–water partition coefficient (Wildman–Crippen LogP) is 2.39. The Balaban J connectivity index is 2.19. The zero-order chi connectivity index (χ0) is 15.6. The highest BCUT2D eigenvalue weighted by atomic mass is 32.2. The average molecular weight is 328 g/mol. The quantitative estimate of drug-likeness (QED) is 0.874. The summed E-state index contributed by atoms with van der Waals surface area (Å²) in [5.74, 6) is -1.21. The minimum Gasteiger partial charge on any atom is -0.301 e. The molecule has 1 aromatic carbocycles. The van der Waals surface area contributed by atoms with E-state index in [2.05, 4.69) is 10.3 Å². The standard InChI is InChI=1S/C13H13FN2O3S2/c1-8-7-20-13(15-8)16-12(17)9(2)21(18,19)11-5-3-10(14)4-6-11/h3-7,9H,1-2H3,(H,15,16,17). The van der Waals surface area contributed by atoms with Gasteiger partial charge in [-0.3, -0.25) is 4.79 Å². The highest BCUT2D eigenvalue weighted by Crippen LogP contribution is 2.19. The molecule has 8 heteroatoms. The summed E-state index contributed by atoms with van der Waals surface area (Å²) >= 11 is 1.22. The molecular formula is C13H13FN2O3S2. The van der Waals surface area contributed by atoms with E-state index in [9.17, 15) is 17.6 Å². The number of carbonyl (C=O) groups is 1. The molecule has 0 bridgehead atoms. The molecule has 1 unspecified atom stereocenters. The van der Waals surface area contributed by atoms with Crippen molar-refractivity contribution in [2.24, 2.45) is 0 Å². The number of carbonyl (C=O) groups excluding carboxylic acids is 1.